The van der Waals surface area contributed by atoms with Crippen LogP contribution >= 0.6 is 11.6 Å². The van der Waals surface area contributed by atoms with Gasteiger partial charge in [0, 0.05) is 37.8 Å². The molecule has 0 saturated carbocycles. The normalized spacial score (nSPS) is 18.8. The molecule has 0 spiro atoms. The van der Waals surface area contributed by atoms with Crippen LogP contribution in [0.4, 0.5) is 0 Å². The molecule has 0 aliphatic carbocycles. The van der Waals surface area contributed by atoms with Gasteiger partial charge in [-0.15, -0.1) is 0 Å². The molecule has 1 aromatic rings. The first-order valence-electron chi connectivity index (χ1n) is 6.78. The number of hydrogen-bond donors (Lipinski definition) is 2. The van der Waals surface area contributed by atoms with Gasteiger partial charge >= 0.3 is 0 Å². The minimum atomic E-state index is -0.467. The Labute approximate surface area is 129 Å². The van der Waals surface area contributed by atoms with Gasteiger partial charge in [0.15, 0.2) is 0 Å². The van der Waals surface area contributed by atoms with Crippen LogP contribution in [-0.4, -0.2) is 49.4 Å². The third-order valence-corrected chi connectivity index (χ3v) is 3.62. The molecule has 1 aliphatic rings. The number of halogens is 1. The Balaban J connectivity index is 2.06. The molecule has 2 N–H and O–H groups in total. The fourth-order valence-corrected chi connectivity index (χ4v) is 2.33. The molecule has 0 radical (unpaired) electrons. The molecular formula is C15H18ClN3O2. The van der Waals surface area contributed by atoms with Gasteiger partial charge in [-0.3, -0.25) is 9.59 Å². The number of amides is 2. The molecule has 112 valence electrons. The van der Waals surface area contributed by atoms with Gasteiger partial charge in [0.05, 0.1) is 0 Å². The van der Waals surface area contributed by atoms with Crippen molar-refractivity contribution in [3.05, 3.63) is 40.9 Å². The first-order valence-corrected chi connectivity index (χ1v) is 7.16. The van der Waals surface area contributed by atoms with Gasteiger partial charge in [-0.1, -0.05) is 23.7 Å². The zero-order valence-corrected chi connectivity index (χ0v) is 12.6. The average molecular weight is 308 g/mol. The van der Waals surface area contributed by atoms with Crippen LogP contribution in [0.3, 0.4) is 0 Å². The van der Waals surface area contributed by atoms with E-state index < -0.39 is 6.04 Å². The highest BCUT2D eigenvalue weighted by Gasteiger charge is 2.30. The summed E-state index contributed by atoms with van der Waals surface area (Å²) in [4.78, 5) is 25.7. The second kappa shape index (κ2) is 7.24. The minimum Gasteiger partial charge on any atom is -0.357 e. The van der Waals surface area contributed by atoms with E-state index in [1.54, 1.807) is 30.2 Å². The number of carbonyl (C=O) groups is 2. The van der Waals surface area contributed by atoms with Crippen LogP contribution in [-0.2, 0) is 9.59 Å². The second-order valence-corrected chi connectivity index (χ2v) is 5.19. The van der Waals surface area contributed by atoms with Gasteiger partial charge in [-0.05, 0) is 23.8 Å². The number of benzene rings is 1. The summed E-state index contributed by atoms with van der Waals surface area (Å²) in [7, 11) is 1.57. The zero-order valence-electron chi connectivity index (χ0n) is 11.8. The van der Waals surface area contributed by atoms with Crippen LogP contribution in [0.25, 0.3) is 6.08 Å². The maximum absolute atomic E-state index is 12.3. The maximum Gasteiger partial charge on any atom is 0.247 e. The van der Waals surface area contributed by atoms with Crippen molar-refractivity contribution in [2.45, 2.75) is 6.04 Å². The summed E-state index contributed by atoms with van der Waals surface area (Å²) in [5.74, 6) is -0.324. The molecule has 5 nitrogen and oxygen atoms in total. The number of carbonyl (C=O) groups excluding carboxylic acids is 2. The molecule has 1 heterocycles. The third-order valence-electron chi connectivity index (χ3n) is 3.36. The van der Waals surface area contributed by atoms with Gasteiger partial charge in [-0.2, -0.15) is 0 Å². The summed E-state index contributed by atoms with van der Waals surface area (Å²) in [5, 5.41) is 6.36. The van der Waals surface area contributed by atoms with Gasteiger partial charge in [0.2, 0.25) is 11.8 Å². The van der Waals surface area contributed by atoms with E-state index in [0.717, 1.165) is 5.56 Å². The van der Waals surface area contributed by atoms with Gasteiger partial charge in [0.25, 0.3) is 0 Å². The largest absolute Gasteiger partial charge is 0.357 e. The topological polar surface area (TPSA) is 61.4 Å². The van der Waals surface area contributed by atoms with E-state index in [2.05, 4.69) is 10.6 Å². The van der Waals surface area contributed by atoms with Crippen LogP contribution in [0.2, 0.25) is 5.02 Å². The number of nitrogens with one attached hydrogen (secondary N) is 2. The van der Waals surface area contributed by atoms with E-state index in [1.807, 2.05) is 12.1 Å². The quantitative estimate of drug-likeness (QED) is 0.816. The number of piperazine rings is 1. The average Bonchev–Trinajstić information content (AvgIpc) is 2.53. The lowest BCUT2D eigenvalue weighted by Gasteiger charge is -2.34. The van der Waals surface area contributed by atoms with Crippen molar-refractivity contribution >= 4 is 29.5 Å². The molecular weight excluding hydrogens is 290 g/mol. The van der Waals surface area contributed by atoms with E-state index in [4.69, 9.17) is 11.6 Å². The Hall–Kier alpha value is -1.85. The van der Waals surface area contributed by atoms with Gasteiger partial charge < -0.3 is 15.5 Å². The minimum absolute atomic E-state index is 0.157. The molecule has 1 atom stereocenters. The van der Waals surface area contributed by atoms with E-state index in [9.17, 15) is 9.59 Å². The van der Waals surface area contributed by atoms with Gasteiger partial charge in [-0.25, -0.2) is 0 Å². The standard InChI is InChI=1S/C15H18ClN3O2/c1-17-15(21)13-10-18-8-9-19(13)14(20)7-4-11-2-5-12(16)6-3-11/h2-7,13,18H,8-10H2,1H3,(H,17,21). The maximum atomic E-state index is 12.3. The molecule has 1 fully saturated rings. The molecule has 1 unspecified atom stereocenters. The summed E-state index contributed by atoms with van der Waals surface area (Å²) in [5.41, 5.74) is 0.888. The van der Waals surface area contributed by atoms with E-state index in [1.165, 1.54) is 6.08 Å². The number of hydrogen-bond acceptors (Lipinski definition) is 3. The number of rotatable bonds is 3. The van der Waals surface area contributed by atoms with Crippen molar-refractivity contribution in [3.8, 4) is 0 Å². The second-order valence-electron chi connectivity index (χ2n) is 4.75. The van der Waals surface area contributed by atoms with Crippen molar-refractivity contribution in [2.75, 3.05) is 26.7 Å². The van der Waals surface area contributed by atoms with Crippen LogP contribution in [0.5, 0.6) is 0 Å². The Morgan fingerprint density at radius 2 is 2.10 bits per heavy atom. The summed E-state index contributed by atoms with van der Waals surface area (Å²) in [6, 6.07) is 6.74. The fourth-order valence-electron chi connectivity index (χ4n) is 2.21. The predicted molar refractivity (Wildman–Crippen MR) is 82.9 cm³/mol. The summed E-state index contributed by atoms with van der Waals surface area (Å²) in [6.07, 6.45) is 3.21. The Bertz CT molecular complexity index is 542. The van der Waals surface area contributed by atoms with Crippen molar-refractivity contribution in [1.82, 2.24) is 15.5 Å². The lowest BCUT2D eigenvalue weighted by Crippen LogP contribution is -2.58. The fraction of sp³-hybridized carbons (Fsp3) is 0.333. The molecule has 6 heteroatoms. The molecule has 2 amide bonds. The Kier molecular flexibility index (Phi) is 5.36. The highest BCUT2D eigenvalue weighted by atomic mass is 35.5. The molecule has 1 aliphatic heterocycles. The smallest absolute Gasteiger partial charge is 0.247 e. The van der Waals surface area contributed by atoms with Crippen molar-refractivity contribution in [1.29, 1.82) is 0 Å². The van der Waals surface area contributed by atoms with Crippen molar-refractivity contribution in [2.24, 2.45) is 0 Å². The molecule has 2 rings (SSSR count). The zero-order chi connectivity index (χ0) is 15.2. The molecule has 0 aromatic heterocycles. The molecule has 0 bridgehead atoms. The Morgan fingerprint density at radius 1 is 1.38 bits per heavy atom. The molecule has 1 saturated heterocycles. The third kappa shape index (κ3) is 4.06. The highest BCUT2D eigenvalue weighted by molar-refractivity contribution is 6.30. The number of nitrogens with zero attached hydrogens (tertiary/aromatic N) is 1. The monoisotopic (exact) mass is 307 g/mol. The molecule has 21 heavy (non-hydrogen) atoms. The van der Waals surface area contributed by atoms with Crippen molar-refractivity contribution < 1.29 is 9.59 Å². The Morgan fingerprint density at radius 3 is 2.76 bits per heavy atom. The number of likely N-dealkylation sites (N-methyl/N-ethyl adjacent to an activating group) is 1. The lowest BCUT2D eigenvalue weighted by atomic mass is 10.1. The predicted octanol–water partition coefficient (Wildman–Crippen LogP) is 0.900. The lowest BCUT2D eigenvalue weighted by molar-refractivity contribution is -0.137. The van der Waals surface area contributed by atoms with Crippen LogP contribution in [0.1, 0.15) is 5.56 Å². The van der Waals surface area contributed by atoms with E-state index >= 15 is 0 Å². The van der Waals surface area contributed by atoms with Crippen LogP contribution in [0, 0.1) is 0 Å². The van der Waals surface area contributed by atoms with Crippen molar-refractivity contribution in [3.63, 3.8) is 0 Å². The van der Waals surface area contributed by atoms with Gasteiger partial charge in [0.1, 0.15) is 6.04 Å². The highest BCUT2D eigenvalue weighted by Crippen LogP contribution is 2.11. The van der Waals surface area contributed by atoms with Crippen LogP contribution in [0.15, 0.2) is 30.3 Å². The first-order chi connectivity index (χ1) is 10.1. The summed E-state index contributed by atoms with van der Waals surface area (Å²) in [6.45, 7) is 1.68. The SMILES string of the molecule is CNC(=O)C1CNCCN1C(=O)C=Cc1ccc(Cl)cc1. The first kappa shape index (κ1) is 15.5. The van der Waals surface area contributed by atoms with E-state index in [-0.39, 0.29) is 11.8 Å². The summed E-state index contributed by atoms with van der Waals surface area (Å²) >= 11 is 5.82. The van der Waals surface area contributed by atoms with Crippen LogP contribution < -0.4 is 10.6 Å². The molecule has 1 aromatic carbocycles. The summed E-state index contributed by atoms with van der Waals surface area (Å²) < 4.78 is 0. The van der Waals surface area contributed by atoms with E-state index in [0.29, 0.717) is 24.7 Å².